The molecule has 0 aliphatic heterocycles. The third-order valence-electron chi connectivity index (χ3n) is 1.99. The van der Waals surface area contributed by atoms with Gasteiger partial charge in [-0.3, -0.25) is 0 Å². The zero-order valence-electron chi connectivity index (χ0n) is 8.29. The smallest absolute Gasteiger partial charge is 0.124 e. The van der Waals surface area contributed by atoms with Crippen molar-refractivity contribution in [2.75, 3.05) is 0 Å². The third-order valence-corrected chi connectivity index (χ3v) is 1.99. The van der Waals surface area contributed by atoms with Gasteiger partial charge in [-0.05, 0) is 23.5 Å². The fraction of sp³-hybridized carbons (Fsp3) is 0.417. The molecule has 0 spiro atoms. The zero-order valence-corrected chi connectivity index (χ0v) is 8.29. The van der Waals surface area contributed by atoms with Crippen LogP contribution in [0.1, 0.15) is 25.0 Å². The largest absolute Gasteiger partial charge is 0.303 e. The molecule has 0 aliphatic rings. The van der Waals surface area contributed by atoms with Crippen molar-refractivity contribution in [2.24, 2.45) is 5.92 Å². The first-order valence-corrected chi connectivity index (χ1v) is 4.74. The minimum atomic E-state index is 0.530. The van der Waals surface area contributed by atoms with Crippen LogP contribution in [0.2, 0.25) is 0 Å². The van der Waals surface area contributed by atoms with Crippen LogP contribution in [0.4, 0.5) is 0 Å². The second kappa shape index (κ2) is 4.80. The Morgan fingerprint density at radius 2 is 1.69 bits per heavy atom. The lowest BCUT2D eigenvalue weighted by Crippen LogP contribution is -1.94. The maximum atomic E-state index is 10.2. The van der Waals surface area contributed by atoms with Crippen molar-refractivity contribution < 1.29 is 4.79 Å². The van der Waals surface area contributed by atoms with Gasteiger partial charge in [0.15, 0.2) is 0 Å². The topological polar surface area (TPSA) is 17.1 Å². The molecule has 0 bridgehead atoms. The molecule has 1 nitrogen and oxygen atoms in total. The van der Waals surface area contributed by atoms with E-state index < -0.39 is 0 Å². The molecule has 70 valence electrons. The van der Waals surface area contributed by atoms with Gasteiger partial charge >= 0.3 is 0 Å². The summed E-state index contributed by atoms with van der Waals surface area (Å²) in [5, 5.41) is 0. The van der Waals surface area contributed by atoms with Crippen LogP contribution in [0.3, 0.4) is 0 Å². The Bertz CT molecular complexity index is 259. The molecule has 1 heteroatoms. The molecule has 0 aliphatic carbocycles. The first-order valence-electron chi connectivity index (χ1n) is 4.74. The van der Waals surface area contributed by atoms with E-state index in [1.54, 1.807) is 0 Å². The lowest BCUT2D eigenvalue weighted by molar-refractivity contribution is -0.107. The molecule has 1 aromatic carbocycles. The quantitative estimate of drug-likeness (QED) is 0.644. The van der Waals surface area contributed by atoms with Crippen molar-refractivity contribution in [1.29, 1.82) is 0 Å². The number of carbonyl (C=O) groups excluding carboxylic acids is 1. The van der Waals surface area contributed by atoms with Crippen molar-refractivity contribution in [2.45, 2.75) is 26.7 Å². The summed E-state index contributed by atoms with van der Waals surface area (Å²) in [4.78, 5) is 10.2. The van der Waals surface area contributed by atoms with Gasteiger partial charge in [-0.15, -0.1) is 0 Å². The third kappa shape index (κ3) is 3.41. The van der Waals surface area contributed by atoms with Crippen LogP contribution in [0.15, 0.2) is 24.3 Å². The minimum Gasteiger partial charge on any atom is -0.303 e. The Labute approximate surface area is 79.8 Å². The van der Waals surface area contributed by atoms with Gasteiger partial charge in [0.05, 0.1) is 0 Å². The molecular weight excluding hydrogens is 160 g/mol. The highest BCUT2D eigenvalue weighted by molar-refractivity contribution is 5.54. The summed E-state index contributed by atoms with van der Waals surface area (Å²) >= 11 is 0. The van der Waals surface area contributed by atoms with Crippen LogP contribution in [-0.2, 0) is 17.6 Å². The second-order valence-corrected chi connectivity index (χ2v) is 3.79. The molecule has 0 amide bonds. The molecule has 0 saturated carbocycles. The predicted molar refractivity (Wildman–Crippen MR) is 54.8 cm³/mol. The Hall–Kier alpha value is -1.11. The molecule has 0 unspecified atom stereocenters. The number of rotatable bonds is 4. The number of hydrogen-bond donors (Lipinski definition) is 0. The Morgan fingerprint density at radius 1 is 1.15 bits per heavy atom. The van der Waals surface area contributed by atoms with E-state index in [1.165, 1.54) is 5.56 Å². The van der Waals surface area contributed by atoms with Crippen molar-refractivity contribution in [1.82, 2.24) is 0 Å². The van der Waals surface area contributed by atoms with Crippen molar-refractivity contribution in [3.05, 3.63) is 35.4 Å². The molecule has 1 rings (SSSR count). The van der Waals surface area contributed by atoms with Crippen LogP contribution in [0.25, 0.3) is 0 Å². The first-order chi connectivity index (χ1) is 6.22. The lowest BCUT2D eigenvalue weighted by atomic mass is 10.0. The van der Waals surface area contributed by atoms with Gasteiger partial charge in [0.2, 0.25) is 0 Å². The van der Waals surface area contributed by atoms with Gasteiger partial charge in [-0.1, -0.05) is 38.1 Å². The fourth-order valence-corrected chi connectivity index (χ4v) is 1.38. The SMILES string of the molecule is CC(C)Cc1ccc(CC=O)cc1. The van der Waals surface area contributed by atoms with Crippen molar-refractivity contribution >= 4 is 6.29 Å². The maximum absolute atomic E-state index is 10.2. The molecule has 0 atom stereocenters. The van der Waals surface area contributed by atoms with Gasteiger partial charge < -0.3 is 4.79 Å². The van der Waals surface area contributed by atoms with E-state index in [0.717, 1.165) is 18.3 Å². The Balaban J connectivity index is 2.63. The lowest BCUT2D eigenvalue weighted by Gasteiger charge is -2.04. The molecule has 0 heterocycles. The highest BCUT2D eigenvalue weighted by Crippen LogP contribution is 2.09. The second-order valence-electron chi connectivity index (χ2n) is 3.79. The highest BCUT2D eigenvalue weighted by atomic mass is 16.1. The predicted octanol–water partition coefficient (Wildman–Crippen LogP) is 2.63. The van der Waals surface area contributed by atoms with Crippen LogP contribution in [0, 0.1) is 5.92 Å². The van der Waals surface area contributed by atoms with Crippen molar-refractivity contribution in [3.8, 4) is 0 Å². The average Bonchev–Trinajstić information content (AvgIpc) is 2.08. The summed E-state index contributed by atoms with van der Waals surface area (Å²) in [6.45, 7) is 4.42. The number of hydrogen-bond acceptors (Lipinski definition) is 1. The van der Waals surface area contributed by atoms with Gasteiger partial charge in [-0.25, -0.2) is 0 Å². The summed E-state index contributed by atoms with van der Waals surface area (Å²) < 4.78 is 0. The number of aldehydes is 1. The minimum absolute atomic E-state index is 0.530. The summed E-state index contributed by atoms with van der Waals surface area (Å²) in [5.74, 6) is 0.692. The van der Waals surface area contributed by atoms with E-state index in [1.807, 2.05) is 12.1 Å². The van der Waals surface area contributed by atoms with Gasteiger partial charge in [-0.2, -0.15) is 0 Å². The molecule has 0 radical (unpaired) electrons. The average molecular weight is 176 g/mol. The number of benzene rings is 1. The van der Waals surface area contributed by atoms with Crippen LogP contribution < -0.4 is 0 Å². The van der Waals surface area contributed by atoms with E-state index in [9.17, 15) is 4.79 Å². The van der Waals surface area contributed by atoms with Crippen LogP contribution in [-0.4, -0.2) is 6.29 Å². The molecule has 13 heavy (non-hydrogen) atoms. The van der Waals surface area contributed by atoms with Gasteiger partial charge in [0.1, 0.15) is 6.29 Å². The monoisotopic (exact) mass is 176 g/mol. The Morgan fingerprint density at radius 3 is 2.15 bits per heavy atom. The van der Waals surface area contributed by atoms with Gasteiger partial charge in [0, 0.05) is 6.42 Å². The van der Waals surface area contributed by atoms with E-state index in [4.69, 9.17) is 0 Å². The molecule has 0 saturated heterocycles. The molecule has 1 aromatic rings. The zero-order chi connectivity index (χ0) is 9.68. The Kier molecular flexibility index (Phi) is 3.69. The summed E-state index contributed by atoms with van der Waals surface area (Å²) in [6.07, 6.45) is 2.58. The summed E-state index contributed by atoms with van der Waals surface area (Å²) in [5.41, 5.74) is 2.45. The molecule has 0 N–H and O–H groups in total. The van der Waals surface area contributed by atoms with E-state index >= 15 is 0 Å². The fourth-order valence-electron chi connectivity index (χ4n) is 1.38. The first kappa shape index (κ1) is 9.97. The summed E-state index contributed by atoms with van der Waals surface area (Å²) in [7, 11) is 0. The van der Waals surface area contributed by atoms with Crippen molar-refractivity contribution in [3.63, 3.8) is 0 Å². The molecule has 0 fully saturated rings. The van der Waals surface area contributed by atoms with E-state index in [2.05, 4.69) is 26.0 Å². The van der Waals surface area contributed by atoms with Crippen LogP contribution in [0.5, 0.6) is 0 Å². The number of carbonyl (C=O) groups is 1. The van der Waals surface area contributed by atoms with E-state index in [0.29, 0.717) is 12.3 Å². The normalized spacial score (nSPS) is 10.4. The molecular formula is C12H16O. The van der Waals surface area contributed by atoms with Crippen LogP contribution >= 0.6 is 0 Å². The van der Waals surface area contributed by atoms with Gasteiger partial charge in [0.25, 0.3) is 0 Å². The molecule has 0 aromatic heterocycles. The summed E-state index contributed by atoms with van der Waals surface area (Å²) in [6, 6.07) is 8.29. The van der Waals surface area contributed by atoms with E-state index in [-0.39, 0.29) is 0 Å². The maximum Gasteiger partial charge on any atom is 0.124 e. The highest BCUT2D eigenvalue weighted by Gasteiger charge is 1.97. The standard InChI is InChI=1S/C12H16O/c1-10(2)9-12-5-3-11(4-6-12)7-8-13/h3-6,8,10H,7,9H2,1-2H3.